The Balaban J connectivity index is 1.47. The highest BCUT2D eigenvalue weighted by Crippen LogP contribution is 2.29. The molecule has 1 aromatic rings. The van der Waals surface area contributed by atoms with Crippen molar-refractivity contribution in [3.63, 3.8) is 0 Å². The van der Waals surface area contributed by atoms with E-state index in [2.05, 4.69) is 30.1 Å². The number of amides is 2. The summed E-state index contributed by atoms with van der Waals surface area (Å²) in [6.07, 6.45) is 4.71. The molecule has 3 fully saturated rings. The van der Waals surface area contributed by atoms with Gasteiger partial charge >= 0.3 is 6.03 Å². The van der Waals surface area contributed by atoms with E-state index in [1.54, 1.807) is 0 Å². The Morgan fingerprint density at radius 1 is 1.03 bits per heavy atom. The zero-order valence-corrected chi connectivity index (χ0v) is 18.2. The SMILES string of the molecule is C[C@@H]1CN(c2ccccc2NC(=O)N(C[C@@H]2CCCO2)C[C@@H]2CCCO2)C[C@@H](C)O1. The van der Waals surface area contributed by atoms with Gasteiger partial charge in [-0.25, -0.2) is 4.79 Å². The molecule has 1 N–H and O–H groups in total. The molecule has 0 aromatic heterocycles. The topological polar surface area (TPSA) is 63.3 Å². The van der Waals surface area contributed by atoms with Crippen LogP contribution in [0.2, 0.25) is 0 Å². The first kappa shape index (κ1) is 21.4. The summed E-state index contributed by atoms with van der Waals surface area (Å²) >= 11 is 0. The number of benzene rings is 1. The minimum absolute atomic E-state index is 0.0807. The first-order valence-corrected chi connectivity index (χ1v) is 11.4. The molecule has 0 spiro atoms. The summed E-state index contributed by atoms with van der Waals surface area (Å²) in [5.74, 6) is 0. The highest BCUT2D eigenvalue weighted by Gasteiger charge is 2.28. The number of urea groups is 1. The number of morpholine rings is 1. The molecule has 30 heavy (non-hydrogen) atoms. The average Bonchev–Trinajstić information content (AvgIpc) is 3.41. The summed E-state index contributed by atoms with van der Waals surface area (Å²) < 4.78 is 17.5. The number of ether oxygens (including phenoxy) is 3. The van der Waals surface area contributed by atoms with Gasteiger partial charge in [-0.05, 0) is 51.7 Å². The zero-order valence-electron chi connectivity index (χ0n) is 18.2. The summed E-state index contributed by atoms with van der Waals surface area (Å²) in [5.41, 5.74) is 1.88. The number of nitrogens with zero attached hydrogens (tertiary/aromatic N) is 2. The largest absolute Gasteiger partial charge is 0.376 e. The summed E-state index contributed by atoms with van der Waals surface area (Å²) in [4.78, 5) is 17.5. The Kier molecular flexibility index (Phi) is 7.12. The van der Waals surface area contributed by atoms with E-state index in [9.17, 15) is 4.79 Å². The fraction of sp³-hybridized carbons (Fsp3) is 0.696. The van der Waals surface area contributed by atoms with Gasteiger partial charge in [0.1, 0.15) is 0 Å². The van der Waals surface area contributed by atoms with Gasteiger partial charge in [-0.3, -0.25) is 0 Å². The third kappa shape index (κ3) is 5.45. The van der Waals surface area contributed by atoms with Crippen LogP contribution in [0.4, 0.5) is 16.2 Å². The van der Waals surface area contributed by atoms with E-state index >= 15 is 0 Å². The second kappa shape index (κ2) is 9.98. The van der Waals surface area contributed by atoms with Crippen molar-refractivity contribution in [2.24, 2.45) is 0 Å². The second-order valence-electron chi connectivity index (χ2n) is 8.78. The molecule has 0 bridgehead atoms. The van der Waals surface area contributed by atoms with Crippen LogP contribution in [0.1, 0.15) is 39.5 Å². The van der Waals surface area contributed by atoms with Crippen LogP contribution in [-0.4, -0.2) is 74.7 Å². The summed E-state index contributed by atoms with van der Waals surface area (Å²) in [6, 6.07) is 7.96. The molecule has 3 aliphatic heterocycles. The molecule has 1 aromatic carbocycles. The molecule has 3 saturated heterocycles. The molecule has 166 valence electrons. The maximum Gasteiger partial charge on any atom is 0.322 e. The minimum Gasteiger partial charge on any atom is -0.376 e. The van der Waals surface area contributed by atoms with Crippen molar-refractivity contribution < 1.29 is 19.0 Å². The molecule has 7 heteroatoms. The van der Waals surface area contributed by atoms with Gasteiger partial charge in [-0.1, -0.05) is 12.1 Å². The minimum atomic E-state index is -0.0807. The first-order valence-electron chi connectivity index (χ1n) is 11.4. The van der Waals surface area contributed by atoms with Crippen LogP contribution in [-0.2, 0) is 14.2 Å². The first-order chi connectivity index (χ1) is 14.6. The van der Waals surface area contributed by atoms with E-state index in [1.165, 1.54) is 0 Å². The number of carbonyl (C=O) groups is 1. The molecule has 3 heterocycles. The number of hydrogen-bond acceptors (Lipinski definition) is 5. The van der Waals surface area contributed by atoms with Crippen LogP contribution in [0.5, 0.6) is 0 Å². The van der Waals surface area contributed by atoms with E-state index in [-0.39, 0.29) is 30.4 Å². The van der Waals surface area contributed by atoms with Crippen LogP contribution in [0.15, 0.2) is 24.3 Å². The molecule has 0 unspecified atom stereocenters. The number of carbonyl (C=O) groups excluding carboxylic acids is 1. The van der Waals surface area contributed by atoms with Crippen LogP contribution >= 0.6 is 0 Å². The smallest absolute Gasteiger partial charge is 0.322 e. The Morgan fingerprint density at radius 2 is 1.63 bits per heavy atom. The van der Waals surface area contributed by atoms with Crippen molar-refractivity contribution in [2.75, 3.05) is 49.6 Å². The van der Waals surface area contributed by atoms with E-state index < -0.39 is 0 Å². The van der Waals surface area contributed by atoms with Gasteiger partial charge in [-0.2, -0.15) is 0 Å². The monoisotopic (exact) mass is 417 g/mol. The molecule has 4 rings (SSSR count). The number of hydrogen-bond donors (Lipinski definition) is 1. The van der Waals surface area contributed by atoms with Gasteiger partial charge < -0.3 is 29.3 Å². The van der Waals surface area contributed by atoms with E-state index in [4.69, 9.17) is 14.2 Å². The van der Waals surface area contributed by atoms with Crippen molar-refractivity contribution in [3.05, 3.63) is 24.3 Å². The van der Waals surface area contributed by atoms with Crippen molar-refractivity contribution in [1.29, 1.82) is 0 Å². The van der Waals surface area contributed by atoms with Crippen molar-refractivity contribution in [1.82, 2.24) is 4.90 Å². The summed E-state index contributed by atoms with van der Waals surface area (Å²) in [5, 5.41) is 3.18. The molecule has 4 atom stereocenters. The lowest BCUT2D eigenvalue weighted by molar-refractivity contribution is -0.00517. The lowest BCUT2D eigenvalue weighted by atomic mass is 10.1. The second-order valence-corrected chi connectivity index (χ2v) is 8.78. The molecular weight excluding hydrogens is 382 g/mol. The highest BCUT2D eigenvalue weighted by atomic mass is 16.5. The van der Waals surface area contributed by atoms with Crippen molar-refractivity contribution in [2.45, 2.75) is 63.9 Å². The summed E-state index contributed by atoms with van der Waals surface area (Å²) in [7, 11) is 0. The van der Waals surface area contributed by atoms with E-state index in [0.29, 0.717) is 13.1 Å². The number of anilines is 2. The van der Waals surface area contributed by atoms with Gasteiger partial charge in [0.15, 0.2) is 0 Å². The molecule has 7 nitrogen and oxygen atoms in total. The lowest BCUT2D eigenvalue weighted by Gasteiger charge is -2.38. The fourth-order valence-corrected chi connectivity index (χ4v) is 4.73. The Morgan fingerprint density at radius 3 is 2.20 bits per heavy atom. The maximum absolute atomic E-state index is 13.3. The quantitative estimate of drug-likeness (QED) is 0.768. The highest BCUT2D eigenvalue weighted by molar-refractivity contribution is 5.93. The third-order valence-corrected chi connectivity index (χ3v) is 6.09. The van der Waals surface area contributed by atoms with Crippen LogP contribution in [0.3, 0.4) is 0 Å². The third-order valence-electron chi connectivity index (χ3n) is 6.09. The van der Waals surface area contributed by atoms with Gasteiger partial charge in [-0.15, -0.1) is 0 Å². The van der Waals surface area contributed by atoms with Crippen molar-refractivity contribution in [3.8, 4) is 0 Å². The standard InChI is InChI=1S/C23H35N3O4/c1-17-13-25(14-18(2)30-17)22-10-4-3-9-21(22)24-23(27)26(15-19-7-5-11-28-19)16-20-8-6-12-29-20/h3-4,9-10,17-20H,5-8,11-16H2,1-2H3,(H,24,27)/t17-,18-,19+,20+/m1/s1. The fourth-order valence-electron chi connectivity index (χ4n) is 4.73. The maximum atomic E-state index is 13.3. The van der Waals surface area contributed by atoms with Crippen LogP contribution < -0.4 is 10.2 Å². The van der Waals surface area contributed by atoms with Gasteiger partial charge in [0, 0.05) is 39.4 Å². The molecular formula is C23H35N3O4. The van der Waals surface area contributed by atoms with Crippen LogP contribution in [0.25, 0.3) is 0 Å². The number of nitrogens with one attached hydrogen (secondary N) is 1. The zero-order chi connectivity index (χ0) is 20.9. The van der Waals surface area contributed by atoms with Gasteiger partial charge in [0.25, 0.3) is 0 Å². The lowest BCUT2D eigenvalue weighted by Crippen LogP contribution is -2.46. The van der Waals surface area contributed by atoms with Crippen LogP contribution in [0, 0.1) is 0 Å². The summed E-state index contributed by atoms with van der Waals surface area (Å²) in [6.45, 7) is 8.61. The Hall–Kier alpha value is -1.83. The molecule has 3 aliphatic rings. The number of rotatable bonds is 6. The van der Waals surface area contributed by atoms with Crippen molar-refractivity contribution >= 4 is 17.4 Å². The van der Waals surface area contributed by atoms with E-state index in [1.807, 2.05) is 23.1 Å². The molecule has 0 radical (unpaired) electrons. The molecule has 0 aliphatic carbocycles. The van der Waals surface area contributed by atoms with E-state index in [0.717, 1.165) is 63.4 Å². The molecule has 0 saturated carbocycles. The Labute approximate surface area is 179 Å². The normalized spacial score (nSPS) is 29.2. The number of para-hydroxylation sites is 2. The predicted octanol–water partition coefficient (Wildman–Crippen LogP) is 3.49. The van der Waals surface area contributed by atoms with Gasteiger partial charge in [0.2, 0.25) is 0 Å². The molecule has 2 amide bonds. The van der Waals surface area contributed by atoms with Gasteiger partial charge in [0.05, 0.1) is 35.8 Å². The predicted molar refractivity (Wildman–Crippen MR) is 117 cm³/mol. The Bertz CT molecular complexity index is 675. The average molecular weight is 418 g/mol.